The van der Waals surface area contributed by atoms with Gasteiger partial charge in [0, 0.05) is 18.7 Å². The van der Waals surface area contributed by atoms with Gasteiger partial charge in [0.25, 0.3) is 0 Å². The van der Waals surface area contributed by atoms with Crippen molar-refractivity contribution in [1.29, 1.82) is 0 Å². The Balaban J connectivity index is 0.000000845. The van der Waals surface area contributed by atoms with Crippen molar-refractivity contribution in [3.8, 4) is 0 Å². The fourth-order valence-corrected chi connectivity index (χ4v) is 1.37. The zero-order valence-electron chi connectivity index (χ0n) is 7.14. The lowest BCUT2D eigenvalue weighted by Gasteiger charge is -1.94. The van der Waals surface area contributed by atoms with Gasteiger partial charge >= 0.3 is 0 Å². The fraction of sp³-hybridized carbons (Fsp3) is 0.500. The number of nitrogens with zero attached hydrogens (tertiary/aromatic N) is 2. The van der Waals surface area contributed by atoms with Crippen LogP contribution < -0.4 is 5.73 Å². The summed E-state index contributed by atoms with van der Waals surface area (Å²) in [4.78, 5) is 4.72. The Bertz CT molecular complexity index is 306. The van der Waals surface area contributed by atoms with E-state index in [2.05, 4.69) is 9.55 Å². The first-order valence-corrected chi connectivity index (χ1v) is 4.47. The van der Waals surface area contributed by atoms with Gasteiger partial charge in [-0.1, -0.05) is 12.2 Å². The molecule has 1 aliphatic carbocycles. The van der Waals surface area contributed by atoms with E-state index in [0.717, 1.165) is 5.69 Å². The van der Waals surface area contributed by atoms with Crippen LogP contribution in [-0.4, -0.2) is 14.5 Å². The Kier molecular flexibility index (Phi) is 3.27. The number of imidazole rings is 1. The highest BCUT2D eigenvalue weighted by Gasteiger charge is 2.23. The summed E-state index contributed by atoms with van der Waals surface area (Å²) in [5.41, 5.74) is 6.39. The molecule has 0 aliphatic heterocycles. The van der Waals surface area contributed by atoms with E-state index in [9.17, 15) is 0 Å². The van der Waals surface area contributed by atoms with Crippen molar-refractivity contribution in [3.05, 3.63) is 18.2 Å². The molecule has 3 nitrogen and oxygen atoms in total. The molecule has 2 N–H and O–H groups in total. The smallest absolute Gasteiger partial charge is 0.0952 e. The second-order valence-corrected chi connectivity index (χ2v) is 3.71. The van der Waals surface area contributed by atoms with Crippen molar-refractivity contribution in [2.75, 3.05) is 0 Å². The van der Waals surface area contributed by atoms with Crippen molar-refractivity contribution in [2.45, 2.75) is 25.3 Å². The van der Waals surface area contributed by atoms with Gasteiger partial charge in [0.05, 0.1) is 17.0 Å². The predicted molar refractivity (Wildman–Crippen MR) is 58.2 cm³/mol. The molecule has 0 bridgehead atoms. The van der Waals surface area contributed by atoms with E-state index in [1.807, 2.05) is 12.5 Å². The Labute approximate surface area is 88.7 Å². The highest BCUT2D eigenvalue weighted by molar-refractivity contribution is 7.80. The summed E-state index contributed by atoms with van der Waals surface area (Å²) >= 11 is 4.80. The minimum Gasteiger partial charge on any atom is -0.393 e. The van der Waals surface area contributed by atoms with Crippen LogP contribution >= 0.6 is 24.6 Å². The predicted octanol–water partition coefficient (Wildman–Crippen LogP) is 1.47. The zero-order valence-corrected chi connectivity index (χ0v) is 8.77. The first-order valence-electron chi connectivity index (χ1n) is 4.06. The summed E-state index contributed by atoms with van der Waals surface area (Å²) in [7, 11) is 0. The molecule has 1 saturated carbocycles. The second-order valence-electron chi connectivity index (χ2n) is 3.19. The standard InChI is InChI=1S/C8H11N3S.ClH/c9-8(12)3-6-4-11(5-10-6)7-1-2-7;/h4-5,7H,1-3H2,(H2,9,12);1H. The quantitative estimate of drug-likeness (QED) is 0.780. The lowest BCUT2D eigenvalue weighted by atomic mass is 10.3. The van der Waals surface area contributed by atoms with E-state index >= 15 is 0 Å². The largest absolute Gasteiger partial charge is 0.393 e. The molecule has 1 fully saturated rings. The monoisotopic (exact) mass is 217 g/mol. The van der Waals surface area contributed by atoms with Gasteiger partial charge in [-0.2, -0.15) is 0 Å². The molecule has 0 radical (unpaired) electrons. The molecule has 0 aromatic carbocycles. The Morgan fingerprint density at radius 2 is 2.38 bits per heavy atom. The van der Waals surface area contributed by atoms with Gasteiger partial charge < -0.3 is 10.3 Å². The van der Waals surface area contributed by atoms with Crippen LogP contribution in [0.5, 0.6) is 0 Å². The first kappa shape index (κ1) is 10.5. The molecule has 13 heavy (non-hydrogen) atoms. The lowest BCUT2D eigenvalue weighted by Crippen LogP contribution is -2.11. The number of aromatic nitrogens is 2. The highest BCUT2D eigenvalue weighted by atomic mass is 35.5. The molecule has 0 unspecified atom stereocenters. The normalized spacial score (nSPS) is 15.1. The van der Waals surface area contributed by atoms with E-state index in [0.29, 0.717) is 17.5 Å². The third-order valence-corrected chi connectivity index (χ3v) is 2.12. The van der Waals surface area contributed by atoms with E-state index in [1.54, 1.807) is 0 Å². The summed E-state index contributed by atoms with van der Waals surface area (Å²) in [5.74, 6) is 0. The van der Waals surface area contributed by atoms with E-state index in [4.69, 9.17) is 18.0 Å². The molecule has 0 saturated heterocycles. The third kappa shape index (κ3) is 2.67. The molecule has 0 spiro atoms. The summed E-state index contributed by atoms with van der Waals surface area (Å²) in [6, 6.07) is 0.692. The first-order chi connectivity index (χ1) is 5.75. The molecular formula is C8H12ClN3S. The Hall–Kier alpha value is -0.610. The van der Waals surface area contributed by atoms with Crippen LogP contribution in [0.2, 0.25) is 0 Å². The zero-order chi connectivity index (χ0) is 8.55. The molecule has 1 aliphatic rings. The molecule has 2 rings (SSSR count). The molecular weight excluding hydrogens is 206 g/mol. The molecule has 72 valence electrons. The fourth-order valence-electron chi connectivity index (χ4n) is 1.22. The summed E-state index contributed by atoms with van der Waals surface area (Å²) in [6.45, 7) is 0. The van der Waals surface area contributed by atoms with E-state index < -0.39 is 0 Å². The van der Waals surface area contributed by atoms with Gasteiger partial charge in [0.15, 0.2) is 0 Å². The average Bonchev–Trinajstić information content (AvgIpc) is 2.73. The van der Waals surface area contributed by atoms with Gasteiger partial charge in [0.1, 0.15) is 0 Å². The number of thiocarbonyl (C=S) groups is 1. The van der Waals surface area contributed by atoms with Gasteiger partial charge in [-0.05, 0) is 12.8 Å². The van der Waals surface area contributed by atoms with Crippen molar-refractivity contribution < 1.29 is 0 Å². The van der Waals surface area contributed by atoms with Crippen LogP contribution in [0.25, 0.3) is 0 Å². The number of hydrogen-bond acceptors (Lipinski definition) is 2. The lowest BCUT2D eigenvalue weighted by molar-refractivity contribution is 0.740. The Morgan fingerprint density at radius 1 is 1.69 bits per heavy atom. The SMILES string of the molecule is Cl.NC(=S)Cc1cn(C2CC2)cn1. The van der Waals surface area contributed by atoms with E-state index in [-0.39, 0.29) is 12.4 Å². The molecule has 0 amide bonds. The van der Waals surface area contributed by atoms with Crippen LogP contribution in [-0.2, 0) is 6.42 Å². The van der Waals surface area contributed by atoms with Gasteiger partial charge in [-0.15, -0.1) is 12.4 Å². The van der Waals surface area contributed by atoms with E-state index in [1.165, 1.54) is 12.8 Å². The van der Waals surface area contributed by atoms with Gasteiger partial charge in [0.2, 0.25) is 0 Å². The van der Waals surface area contributed by atoms with Gasteiger partial charge in [-0.25, -0.2) is 4.98 Å². The van der Waals surface area contributed by atoms with Crippen LogP contribution in [0.4, 0.5) is 0 Å². The minimum absolute atomic E-state index is 0. The average molecular weight is 218 g/mol. The molecule has 1 aromatic heterocycles. The minimum atomic E-state index is 0. The van der Waals surface area contributed by atoms with Crippen LogP contribution in [0, 0.1) is 0 Å². The van der Waals surface area contributed by atoms with Crippen molar-refractivity contribution in [1.82, 2.24) is 9.55 Å². The Morgan fingerprint density at radius 3 is 2.92 bits per heavy atom. The number of halogens is 1. The van der Waals surface area contributed by atoms with Gasteiger partial charge in [-0.3, -0.25) is 0 Å². The van der Waals surface area contributed by atoms with Crippen molar-refractivity contribution in [3.63, 3.8) is 0 Å². The maximum atomic E-state index is 5.41. The third-order valence-electron chi connectivity index (χ3n) is 1.98. The molecule has 1 aromatic rings. The number of rotatable bonds is 3. The maximum absolute atomic E-state index is 5.41. The maximum Gasteiger partial charge on any atom is 0.0952 e. The molecule has 0 atom stereocenters. The summed E-state index contributed by atoms with van der Waals surface area (Å²) in [6.07, 6.45) is 7.09. The van der Waals surface area contributed by atoms with Crippen molar-refractivity contribution >= 4 is 29.6 Å². The van der Waals surface area contributed by atoms with Crippen LogP contribution in [0.3, 0.4) is 0 Å². The molecule has 5 heteroatoms. The highest BCUT2D eigenvalue weighted by Crippen LogP contribution is 2.34. The topological polar surface area (TPSA) is 43.8 Å². The summed E-state index contributed by atoms with van der Waals surface area (Å²) < 4.78 is 2.15. The number of hydrogen-bond donors (Lipinski definition) is 1. The molecule has 1 heterocycles. The van der Waals surface area contributed by atoms with Crippen LogP contribution in [0.15, 0.2) is 12.5 Å². The van der Waals surface area contributed by atoms with Crippen molar-refractivity contribution in [2.24, 2.45) is 5.73 Å². The summed E-state index contributed by atoms with van der Waals surface area (Å²) in [5, 5.41) is 0. The van der Waals surface area contributed by atoms with Crippen LogP contribution in [0.1, 0.15) is 24.6 Å². The number of nitrogens with two attached hydrogens (primary N) is 1. The second kappa shape index (κ2) is 4.07.